The summed E-state index contributed by atoms with van der Waals surface area (Å²) in [6, 6.07) is -0.920. The van der Waals surface area contributed by atoms with E-state index in [1.807, 2.05) is 27.2 Å². The maximum atomic E-state index is 12.8. The number of amides is 1. The number of allylic oxidation sites excluding steroid dienone is 9. The molecule has 0 rings (SSSR count). The monoisotopic (exact) mass is 891 g/mol. The molecule has 0 spiro atoms. The highest BCUT2D eigenvalue weighted by Crippen LogP contribution is 2.38. The fourth-order valence-corrected chi connectivity index (χ4v) is 7.91. The van der Waals surface area contributed by atoms with Gasteiger partial charge in [-0.05, 0) is 64.2 Å². The number of nitrogens with zero attached hydrogens (tertiary/aromatic N) is 1. The lowest BCUT2D eigenvalue weighted by molar-refractivity contribution is -0.870. The molecule has 0 aliphatic heterocycles. The molecular formula is C53H99N2O6P. The molecule has 8 nitrogen and oxygen atoms in total. The van der Waals surface area contributed by atoms with Crippen LogP contribution in [0.2, 0.25) is 0 Å². The van der Waals surface area contributed by atoms with Gasteiger partial charge in [0.1, 0.15) is 13.2 Å². The zero-order chi connectivity index (χ0) is 45.7. The number of phosphoric acid groups is 1. The summed E-state index contributed by atoms with van der Waals surface area (Å²) in [6.45, 7) is 4.49. The van der Waals surface area contributed by atoms with Crippen LogP contribution in [-0.4, -0.2) is 68.5 Å². The van der Waals surface area contributed by atoms with E-state index in [1.165, 1.54) is 135 Å². The quantitative estimate of drug-likeness (QED) is 0.0273. The standard InChI is InChI=1S/C53H99N2O6P/c1-6-8-10-12-14-16-18-20-21-22-23-24-25-26-27-28-29-30-31-32-33-35-36-38-40-42-44-46-52(56)51(50-61-62(58,59)60-49-48-55(3,4)5)54-53(57)47-45-43-41-39-37-34-19-17-15-13-11-9-7-2/h9,11,15,17,34,36-38,44,46,51-52,56H,6-8,10,12-14,16,18-33,35,39-43,45,47-50H2,1-5H3,(H-,54,57,58,59)/b11-9-,17-15-,37-34-,38-36+,46-44+. The number of hydrogen-bond donors (Lipinski definition) is 2. The van der Waals surface area contributed by atoms with Gasteiger partial charge < -0.3 is 28.8 Å². The number of phosphoric ester groups is 1. The Labute approximate surface area is 383 Å². The molecule has 0 saturated carbocycles. The summed E-state index contributed by atoms with van der Waals surface area (Å²) in [5, 5.41) is 13.8. The number of aliphatic hydroxyl groups is 1. The fourth-order valence-electron chi connectivity index (χ4n) is 7.18. The number of hydrogen-bond acceptors (Lipinski definition) is 6. The molecule has 3 unspecified atom stereocenters. The summed E-state index contributed by atoms with van der Waals surface area (Å²) in [5.41, 5.74) is 0. The van der Waals surface area contributed by atoms with Crippen LogP contribution in [0.4, 0.5) is 0 Å². The SMILES string of the molecule is CC/C=C\C/C=C\C/C=C\CCCCCC(=O)NC(COP(=O)([O-])OCC[N+](C)(C)C)C(O)/C=C/CC/C=C/CCCCCCCCCCCCCCCCCCCCCCC. The highest BCUT2D eigenvalue weighted by atomic mass is 31.2. The number of nitrogens with one attached hydrogen (secondary N) is 1. The molecule has 1 amide bonds. The molecule has 0 heterocycles. The molecule has 0 aliphatic carbocycles. The molecule has 0 aromatic heterocycles. The molecule has 2 N–H and O–H groups in total. The molecule has 62 heavy (non-hydrogen) atoms. The Hall–Kier alpha value is -1.80. The van der Waals surface area contributed by atoms with E-state index >= 15 is 0 Å². The first-order valence-electron chi connectivity index (χ1n) is 25.7. The molecule has 9 heteroatoms. The van der Waals surface area contributed by atoms with Crippen molar-refractivity contribution >= 4 is 13.7 Å². The van der Waals surface area contributed by atoms with Crippen LogP contribution in [0, 0.1) is 0 Å². The zero-order valence-electron chi connectivity index (χ0n) is 41.1. The van der Waals surface area contributed by atoms with Gasteiger partial charge in [0.05, 0.1) is 39.9 Å². The minimum absolute atomic E-state index is 0.0145. The number of aliphatic hydroxyl groups excluding tert-OH is 1. The van der Waals surface area contributed by atoms with E-state index in [2.05, 4.69) is 67.8 Å². The highest BCUT2D eigenvalue weighted by Gasteiger charge is 2.23. The van der Waals surface area contributed by atoms with Crippen molar-refractivity contribution in [1.29, 1.82) is 0 Å². The van der Waals surface area contributed by atoms with Gasteiger partial charge in [-0.1, -0.05) is 209 Å². The van der Waals surface area contributed by atoms with Crippen molar-refractivity contribution in [2.24, 2.45) is 0 Å². The van der Waals surface area contributed by atoms with Crippen molar-refractivity contribution in [2.45, 2.75) is 231 Å². The van der Waals surface area contributed by atoms with Gasteiger partial charge in [-0.25, -0.2) is 0 Å². The van der Waals surface area contributed by atoms with Gasteiger partial charge in [0.2, 0.25) is 5.91 Å². The maximum absolute atomic E-state index is 12.8. The Morgan fingerprint density at radius 2 is 1.00 bits per heavy atom. The van der Waals surface area contributed by atoms with Crippen LogP contribution >= 0.6 is 7.82 Å². The molecule has 0 aromatic rings. The lowest BCUT2D eigenvalue weighted by Crippen LogP contribution is -2.45. The van der Waals surface area contributed by atoms with Gasteiger partial charge in [-0.15, -0.1) is 0 Å². The second-order valence-electron chi connectivity index (χ2n) is 18.5. The Kier molecular flexibility index (Phi) is 43.1. The van der Waals surface area contributed by atoms with Crippen molar-refractivity contribution in [3.05, 3.63) is 60.8 Å². The number of likely N-dealkylation sites (N-methyl/N-ethyl adjacent to an activating group) is 1. The van der Waals surface area contributed by atoms with Gasteiger partial charge in [0, 0.05) is 6.42 Å². The Morgan fingerprint density at radius 3 is 1.50 bits per heavy atom. The van der Waals surface area contributed by atoms with E-state index in [4.69, 9.17) is 9.05 Å². The number of quaternary nitrogens is 1. The van der Waals surface area contributed by atoms with Crippen LogP contribution in [0.25, 0.3) is 0 Å². The van der Waals surface area contributed by atoms with E-state index in [0.717, 1.165) is 57.8 Å². The first kappa shape index (κ1) is 60.2. The van der Waals surface area contributed by atoms with Crippen molar-refractivity contribution in [3.63, 3.8) is 0 Å². The molecule has 3 atom stereocenters. The molecular weight excluding hydrogens is 792 g/mol. The normalized spacial score (nSPS) is 14.6. The predicted molar refractivity (Wildman–Crippen MR) is 265 cm³/mol. The number of rotatable bonds is 46. The Bertz CT molecular complexity index is 1190. The average Bonchev–Trinajstić information content (AvgIpc) is 3.23. The maximum Gasteiger partial charge on any atom is 0.268 e. The van der Waals surface area contributed by atoms with Crippen LogP contribution in [0.15, 0.2) is 60.8 Å². The molecule has 0 bridgehead atoms. The summed E-state index contributed by atoms with van der Waals surface area (Å²) in [4.78, 5) is 25.3. The topological polar surface area (TPSA) is 108 Å². The minimum Gasteiger partial charge on any atom is -0.756 e. The third-order valence-electron chi connectivity index (χ3n) is 11.2. The van der Waals surface area contributed by atoms with E-state index < -0.39 is 26.6 Å². The lowest BCUT2D eigenvalue weighted by atomic mass is 10.0. The van der Waals surface area contributed by atoms with Crippen molar-refractivity contribution < 1.29 is 32.9 Å². The second kappa shape index (κ2) is 44.4. The van der Waals surface area contributed by atoms with Crippen molar-refractivity contribution in [2.75, 3.05) is 40.9 Å². The lowest BCUT2D eigenvalue weighted by Gasteiger charge is -2.29. The number of unbranched alkanes of at least 4 members (excludes halogenated alkanes) is 25. The van der Waals surface area contributed by atoms with E-state index in [-0.39, 0.29) is 12.5 Å². The third-order valence-corrected chi connectivity index (χ3v) is 12.2. The van der Waals surface area contributed by atoms with Crippen molar-refractivity contribution in [1.82, 2.24) is 5.32 Å². The summed E-state index contributed by atoms with van der Waals surface area (Å²) in [6.07, 6.45) is 58.8. The molecule has 0 aliphatic rings. The smallest absolute Gasteiger partial charge is 0.268 e. The van der Waals surface area contributed by atoms with Gasteiger partial charge >= 0.3 is 0 Å². The van der Waals surface area contributed by atoms with Crippen LogP contribution < -0.4 is 10.2 Å². The highest BCUT2D eigenvalue weighted by molar-refractivity contribution is 7.45. The third kappa shape index (κ3) is 46.2. The minimum atomic E-state index is -4.61. The Morgan fingerprint density at radius 1 is 0.581 bits per heavy atom. The van der Waals surface area contributed by atoms with Gasteiger partial charge in [-0.3, -0.25) is 9.36 Å². The van der Waals surface area contributed by atoms with E-state index in [0.29, 0.717) is 23.9 Å². The van der Waals surface area contributed by atoms with Crippen LogP contribution in [0.1, 0.15) is 219 Å². The van der Waals surface area contributed by atoms with Crippen LogP contribution in [-0.2, 0) is 18.4 Å². The second-order valence-corrected chi connectivity index (χ2v) is 19.9. The van der Waals surface area contributed by atoms with Crippen molar-refractivity contribution in [3.8, 4) is 0 Å². The molecule has 0 radical (unpaired) electrons. The molecule has 362 valence electrons. The molecule has 0 saturated heterocycles. The van der Waals surface area contributed by atoms with Gasteiger partial charge in [0.25, 0.3) is 7.82 Å². The Balaban J connectivity index is 4.27. The van der Waals surface area contributed by atoms with Crippen LogP contribution in [0.5, 0.6) is 0 Å². The average molecular weight is 891 g/mol. The zero-order valence-corrected chi connectivity index (χ0v) is 42.0. The first-order chi connectivity index (χ1) is 30.0. The van der Waals surface area contributed by atoms with E-state index in [9.17, 15) is 19.4 Å². The fraction of sp³-hybridized carbons (Fsp3) is 0.792. The summed E-state index contributed by atoms with van der Waals surface area (Å²) < 4.78 is 23.2. The molecule has 0 aromatic carbocycles. The first-order valence-corrected chi connectivity index (χ1v) is 27.1. The van der Waals surface area contributed by atoms with E-state index in [1.54, 1.807) is 6.08 Å². The number of carbonyl (C=O) groups excluding carboxylic acids is 1. The van der Waals surface area contributed by atoms with Crippen LogP contribution in [0.3, 0.4) is 0 Å². The summed E-state index contributed by atoms with van der Waals surface area (Å²) in [7, 11) is 1.22. The van der Waals surface area contributed by atoms with Gasteiger partial charge in [-0.2, -0.15) is 0 Å². The molecule has 0 fully saturated rings. The number of carbonyl (C=O) groups is 1. The summed E-state index contributed by atoms with van der Waals surface area (Å²) in [5.74, 6) is -0.237. The van der Waals surface area contributed by atoms with Gasteiger partial charge in [0.15, 0.2) is 0 Å². The summed E-state index contributed by atoms with van der Waals surface area (Å²) >= 11 is 0. The predicted octanol–water partition coefficient (Wildman–Crippen LogP) is 14.3. The largest absolute Gasteiger partial charge is 0.756 e.